The monoisotopic (exact) mass is 290 g/mol. The summed E-state index contributed by atoms with van der Waals surface area (Å²) in [6.45, 7) is 6.20. The molecular weight excluding hydrogens is 264 g/mol. The summed E-state index contributed by atoms with van der Waals surface area (Å²) in [4.78, 5) is 19.3. The Balaban J connectivity index is 1.79. The summed E-state index contributed by atoms with van der Waals surface area (Å²) in [5.41, 5.74) is 0.0946. The van der Waals surface area contributed by atoms with Gasteiger partial charge in [-0.3, -0.25) is 4.79 Å². The number of hydrogen-bond donors (Lipinski definition) is 1. The number of aromatic nitrogens is 2. The van der Waals surface area contributed by atoms with E-state index in [2.05, 4.69) is 22.1 Å². The number of rotatable bonds is 6. The molecule has 5 nitrogen and oxygen atoms in total. The molecule has 1 aromatic heterocycles. The van der Waals surface area contributed by atoms with Crippen LogP contribution in [0, 0.1) is 5.92 Å². The Morgan fingerprint density at radius 2 is 2.29 bits per heavy atom. The van der Waals surface area contributed by atoms with Crippen molar-refractivity contribution < 1.29 is 0 Å². The Kier molecular flexibility index (Phi) is 4.58. The molecule has 1 aromatic rings. The van der Waals surface area contributed by atoms with Crippen LogP contribution in [0.4, 0.5) is 5.82 Å². The third kappa shape index (κ3) is 3.46. The lowest BCUT2D eigenvalue weighted by Crippen LogP contribution is -2.41. The van der Waals surface area contributed by atoms with E-state index < -0.39 is 0 Å². The van der Waals surface area contributed by atoms with Gasteiger partial charge in [-0.15, -0.1) is 0 Å². The van der Waals surface area contributed by atoms with Gasteiger partial charge in [-0.05, 0) is 51.1 Å². The van der Waals surface area contributed by atoms with Crippen molar-refractivity contribution in [2.45, 2.75) is 45.1 Å². The molecule has 2 heterocycles. The van der Waals surface area contributed by atoms with Crippen molar-refractivity contribution in [3.05, 3.63) is 22.7 Å². The molecule has 1 saturated carbocycles. The lowest BCUT2D eigenvalue weighted by atomic mass is 9.99. The first-order valence-electron chi connectivity index (χ1n) is 8.32. The third-order valence-corrected chi connectivity index (χ3v) is 4.46. The average molecular weight is 290 g/mol. The van der Waals surface area contributed by atoms with Crippen LogP contribution in [0.1, 0.15) is 45.1 Å². The SMILES string of the molecule is CCCN(CC1CCCNC1)c1nccn(C2CC2)c1=O. The Labute approximate surface area is 126 Å². The molecule has 3 rings (SSSR count). The number of nitrogens with one attached hydrogen (secondary N) is 1. The van der Waals surface area contributed by atoms with Gasteiger partial charge in [-0.1, -0.05) is 6.92 Å². The lowest BCUT2D eigenvalue weighted by molar-refractivity contribution is 0.375. The van der Waals surface area contributed by atoms with Crippen LogP contribution in [-0.2, 0) is 0 Å². The highest BCUT2D eigenvalue weighted by Gasteiger charge is 2.27. The molecule has 1 aliphatic heterocycles. The number of nitrogens with zero attached hydrogens (tertiary/aromatic N) is 3. The summed E-state index contributed by atoms with van der Waals surface area (Å²) < 4.78 is 1.88. The molecule has 0 aromatic carbocycles. The molecule has 2 aliphatic rings. The summed E-state index contributed by atoms with van der Waals surface area (Å²) in [5, 5.41) is 3.46. The van der Waals surface area contributed by atoms with E-state index in [1.807, 2.05) is 10.8 Å². The van der Waals surface area contributed by atoms with Gasteiger partial charge in [-0.25, -0.2) is 4.98 Å². The van der Waals surface area contributed by atoms with Gasteiger partial charge in [-0.2, -0.15) is 0 Å². The molecule has 1 atom stereocenters. The first-order valence-corrected chi connectivity index (χ1v) is 8.32. The predicted molar refractivity (Wildman–Crippen MR) is 84.9 cm³/mol. The van der Waals surface area contributed by atoms with Crippen molar-refractivity contribution in [1.29, 1.82) is 0 Å². The van der Waals surface area contributed by atoms with Crippen molar-refractivity contribution in [1.82, 2.24) is 14.9 Å². The summed E-state index contributed by atoms with van der Waals surface area (Å²) >= 11 is 0. The quantitative estimate of drug-likeness (QED) is 0.868. The highest BCUT2D eigenvalue weighted by molar-refractivity contribution is 5.36. The summed E-state index contributed by atoms with van der Waals surface area (Å²) in [7, 11) is 0. The molecule has 116 valence electrons. The summed E-state index contributed by atoms with van der Waals surface area (Å²) in [6.07, 6.45) is 9.41. The summed E-state index contributed by atoms with van der Waals surface area (Å²) in [5.74, 6) is 1.28. The van der Waals surface area contributed by atoms with E-state index in [9.17, 15) is 4.79 Å². The fourth-order valence-corrected chi connectivity index (χ4v) is 3.22. The highest BCUT2D eigenvalue weighted by Crippen LogP contribution is 2.33. The standard InChI is InChI=1S/C16H26N4O/c1-2-9-19(12-13-4-3-7-17-11-13)15-16(21)20(10-8-18-15)14-5-6-14/h8,10,13-14,17H,2-7,9,11-12H2,1H3. The van der Waals surface area contributed by atoms with Gasteiger partial charge in [0.05, 0.1) is 0 Å². The molecule has 0 bridgehead atoms. The Morgan fingerprint density at radius 3 is 2.95 bits per heavy atom. The molecule has 0 spiro atoms. The minimum absolute atomic E-state index is 0.0946. The Morgan fingerprint density at radius 1 is 1.43 bits per heavy atom. The van der Waals surface area contributed by atoms with Crippen LogP contribution in [0.2, 0.25) is 0 Å². The number of piperidine rings is 1. The average Bonchev–Trinajstić information content (AvgIpc) is 3.33. The van der Waals surface area contributed by atoms with Gasteiger partial charge in [0.2, 0.25) is 0 Å². The van der Waals surface area contributed by atoms with Gasteiger partial charge in [0.1, 0.15) is 0 Å². The maximum atomic E-state index is 12.7. The molecular formula is C16H26N4O. The zero-order valence-corrected chi connectivity index (χ0v) is 12.9. The normalized spacial score (nSPS) is 22.2. The number of anilines is 1. The van der Waals surface area contributed by atoms with E-state index in [1.165, 1.54) is 12.8 Å². The van der Waals surface area contributed by atoms with E-state index in [0.29, 0.717) is 17.8 Å². The zero-order valence-electron chi connectivity index (χ0n) is 12.9. The largest absolute Gasteiger partial charge is 0.352 e. The van der Waals surface area contributed by atoms with Gasteiger partial charge in [0.25, 0.3) is 5.56 Å². The summed E-state index contributed by atoms with van der Waals surface area (Å²) in [6, 6.07) is 0.416. The Bertz CT molecular complexity index is 517. The molecule has 1 aliphatic carbocycles. The second-order valence-corrected chi connectivity index (χ2v) is 6.35. The van der Waals surface area contributed by atoms with E-state index in [4.69, 9.17) is 0 Å². The Hall–Kier alpha value is -1.36. The van der Waals surface area contributed by atoms with Crippen LogP contribution < -0.4 is 15.8 Å². The van der Waals surface area contributed by atoms with Gasteiger partial charge in [0.15, 0.2) is 5.82 Å². The van der Waals surface area contributed by atoms with Crippen LogP contribution >= 0.6 is 0 Å². The zero-order chi connectivity index (χ0) is 14.7. The smallest absolute Gasteiger partial charge is 0.293 e. The maximum Gasteiger partial charge on any atom is 0.293 e. The molecule has 21 heavy (non-hydrogen) atoms. The van der Waals surface area contributed by atoms with Crippen molar-refractivity contribution in [3.63, 3.8) is 0 Å². The minimum Gasteiger partial charge on any atom is -0.352 e. The minimum atomic E-state index is 0.0946. The second-order valence-electron chi connectivity index (χ2n) is 6.35. The van der Waals surface area contributed by atoms with Gasteiger partial charge in [0, 0.05) is 31.5 Å². The fourth-order valence-electron chi connectivity index (χ4n) is 3.22. The number of hydrogen-bond acceptors (Lipinski definition) is 4. The van der Waals surface area contributed by atoms with E-state index in [1.54, 1.807) is 6.20 Å². The van der Waals surface area contributed by atoms with Gasteiger partial charge >= 0.3 is 0 Å². The lowest BCUT2D eigenvalue weighted by Gasteiger charge is -2.30. The van der Waals surface area contributed by atoms with Crippen molar-refractivity contribution in [3.8, 4) is 0 Å². The first-order chi connectivity index (χ1) is 10.3. The maximum absolute atomic E-state index is 12.7. The van der Waals surface area contributed by atoms with Crippen LogP contribution in [0.15, 0.2) is 17.2 Å². The second kappa shape index (κ2) is 6.60. The molecule has 5 heteroatoms. The van der Waals surface area contributed by atoms with Crippen molar-refractivity contribution in [2.75, 3.05) is 31.1 Å². The van der Waals surface area contributed by atoms with Crippen molar-refractivity contribution >= 4 is 5.82 Å². The van der Waals surface area contributed by atoms with Crippen LogP contribution in [0.3, 0.4) is 0 Å². The van der Waals surface area contributed by atoms with Crippen molar-refractivity contribution in [2.24, 2.45) is 5.92 Å². The first kappa shape index (κ1) is 14.6. The topological polar surface area (TPSA) is 50.2 Å². The van der Waals surface area contributed by atoms with E-state index >= 15 is 0 Å². The van der Waals surface area contributed by atoms with Crippen LogP contribution in [-0.4, -0.2) is 35.7 Å². The molecule has 0 radical (unpaired) electrons. The predicted octanol–water partition coefficient (Wildman–Crippen LogP) is 1.79. The molecule has 1 saturated heterocycles. The van der Waals surface area contributed by atoms with Gasteiger partial charge < -0.3 is 14.8 Å². The third-order valence-electron chi connectivity index (χ3n) is 4.46. The molecule has 0 amide bonds. The fraction of sp³-hybridized carbons (Fsp3) is 0.750. The van der Waals surface area contributed by atoms with Crippen LogP contribution in [0.25, 0.3) is 0 Å². The highest BCUT2D eigenvalue weighted by atomic mass is 16.1. The molecule has 1 N–H and O–H groups in total. The van der Waals surface area contributed by atoms with E-state index in [0.717, 1.165) is 45.4 Å². The molecule has 1 unspecified atom stereocenters. The van der Waals surface area contributed by atoms with Crippen LogP contribution in [0.5, 0.6) is 0 Å². The molecule has 2 fully saturated rings. The van der Waals surface area contributed by atoms with E-state index in [-0.39, 0.29) is 5.56 Å².